The second-order valence-electron chi connectivity index (χ2n) is 7.05. The number of quaternary nitrogens is 1. The van der Waals surface area contributed by atoms with E-state index < -0.39 is 0 Å². The van der Waals surface area contributed by atoms with Crippen molar-refractivity contribution in [1.82, 2.24) is 0 Å². The molecule has 0 amide bonds. The molecule has 4 nitrogen and oxygen atoms in total. The van der Waals surface area contributed by atoms with Crippen LogP contribution in [0, 0.1) is 12.8 Å². The van der Waals surface area contributed by atoms with Gasteiger partial charge >= 0.3 is 5.97 Å². The van der Waals surface area contributed by atoms with Crippen LogP contribution in [-0.2, 0) is 9.53 Å². The van der Waals surface area contributed by atoms with Crippen molar-refractivity contribution >= 4 is 5.97 Å². The molecule has 0 saturated carbocycles. The molecule has 1 fully saturated rings. The van der Waals surface area contributed by atoms with E-state index in [-0.39, 0.29) is 11.9 Å². The minimum Gasteiger partial charge on any atom is -0.487 e. The molecule has 0 radical (unpaired) electrons. The number of piperidine rings is 1. The first-order valence-electron chi connectivity index (χ1n) is 9.24. The van der Waals surface area contributed by atoms with Crippen molar-refractivity contribution in [2.75, 3.05) is 32.8 Å². The van der Waals surface area contributed by atoms with Gasteiger partial charge in [-0.05, 0) is 37.0 Å². The first-order chi connectivity index (χ1) is 11.5. The van der Waals surface area contributed by atoms with Crippen LogP contribution in [0.15, 0.2) is 18.2 Å². The van der Waals surface area contributed by atoms with Crippen LogP contribution in [0.5, 0.6) is 5.75 Å². The van der Waals surface area contributed by atoms with Crippen molar-refractivity contribution in [3.8, 4) is 5.75 Å². The molecule has 0 atom stereocenters. The highest BCUT2D eigenvalue weighted by Gasteiger charge is 2.28. The van der Waals surface area contributed by atoms with E-state index in [0.29, 0.717) is 12.5 Å². The van der Waals surface area contributed by atoms with Crippen LogP contribution in [0.2, 0.25) is 0 Å². The van der Waals surface area contributed by atoms with Gasteiger partial charge in [-0.15, -0.1) is 0 Å². The molecule has 4 heteroatoms. The van der Waals surface area contributed by atoms with Crippen molar-refractivity contribution in [3.63, 3.8) is 0 Å². The first-order valence-corrected chi connectivity index (χ1v) is 9.24. The number of rotatable bonds is 7. The van der Waals surface area contributed by atoms with Crippen molar-refractivity contribution in [3.05, 3.63) is 29.3 Å². The maximum Gasteiger partial charge on any atom is 0.309 e. The number of nitrogens with one attached hydrogen (secondary N) is 1. The highest BCUT2D eigenvalue weighted by Crippen LogP contribution is 2.24. The van der Waals surface area contributed by atoms with Gasteiger partial charge in [0.15, 0.2) is 0 Å². The van der Waals surface area contributed by atoms with Gasteiger partial charge in [-0.25, -0.2) is 0 Å². The van der Waals surface area contributed by atoms with Gasteiger partial charge in [-0.1, -0.05) is 26.0 Å². The third-order valence-electron chi connectivity index (χ3n) is 4.90. The Balaban J connectivity index is 1.76. The number of ether oxygens (including phenoxy) is 2. The molecule has 0 aliphatic carbocycles. The van der Waals surface area contributed by atoms with E-state index in [1.54, 1.807) is 0 Å². The van der Waals surface area contributed by atoms with Gasteiger partial charge in [0.2, 0.25) is 0 Å². The van der Waals surface area contributed by atoms with Crippen molar-refractivity contribution in [2.45, 2.75) is 46.5 Å². The van der Waals surface area contributed by atoms with Crippen LogP contribution in [0.3, 0.4) is 0 Å². The minimum atomic E-state index is -0.0195. The fourth-order valence-corrected chi connectivity index (χ4v) is 3.21. The summed E-state index contributed by atoms with van der Waals surface area (Å²) in [5.74, 6) is 1.59. The number of esters is 1. The van der Waals surface area contributed by atoms with Crippen LogP contribution >= 0.6 is 0 Å². The number of carbonyl (C=O) groups is 1. The Labute approximate surface area is 146 Å². The normalized spacial score (nSPS) is 20.9. The maximum atomic E-state index is 11.8. The lowest BCUT2D eigenvalue weighted by Gasteiger charge is -2.28. The van der Waals surface area contributed by atoms with E-state index in [4.69, 9.17) is 9.47 Å². The Kier molecular flexibility index (Phi) is 7.10. The summed E-state index contributed by atoms with van der Waals surface area (Å²) in [7, 11) is 0. The van der Waals surface area contributed by atoms with Gasteiger partial charge in [0, 0.05) is 12.8 Å². The quantitative estimate of drug-likeness (QED) is 0.778. The zero-order valence-electron chi connectivity index (χ0n) is 15.6. The molecular weight excluding hydrogens is 302 g/mol. The second-order valence-corrected chi connectivity index (χ2v) is 7.05. The zero-order chi connectivity index (χ0) is 17.5. The Morgan fingerprint density at radius 3 is 2.62 bits per heavy atom. The molecule has 1 aromatic rings. The summed E-state index contributed by atoms with van der Waals surface area (Å²) in [5.41, 5.74) is 2.51. The molecular formula is C20H32NO3+. The molecule has 24 heavy (non-hydrogen) atoms. The SMILES string of the molecule is CCOC(=O)C1CC[NH+](CCOc2cc(C(C)C)ccc2C)CC1. The van der Waals surface area contributed by atoms with Gasteiger partial charge in [-0.3, -0.25) is 4.79 Å². The molecule has 1 heterocycles. The van der Waals surface area contributed by atoms with E-state index in [0.717, 1.165) is 44.8 Å². The average molecular weight is 334 g/mol. The van der Waals surface area contributed by atoms with E-state index in [9.17, 15) is 4.79 Å². The smallest absolute Gasteiger partial charge is 0.309 e. The molecule has 1 aromatic carbocycles. The van der Waals surface area contributed by atoms with Gasteiger partial charge in [-0.2, -0.15) is 0 Å². The average Bonchev–Trinajstić information content (AvgIpc) is 2.57. The second kappa shape index (κ2) is 9.07. The fourth-order valence-electron chi connectivity index (χ4n) is 3.21. The van der Waals surface area contributed by atoms with Crippen molar-refractivity contribution in [1.29, 1.82) is 0 Å². The van der Waals surface area contributed by atoms with E-state index in [2.05, 4.69) is 39.0 Å². The standard InChI is InChI=1S/C20H31NO3/c1-5-23-20(22)17-8-10-21(11-9-17)12-13-24-19-14-18(15(2)3)7-6-16(19)4/h6-7,14-15,17H,5,8-13H2,1-4H3/p+1. The highest BCUT2D eigenvalue weighted by molar-refractivity contribution is 5.72. The molecule has 0 spiro atoms. The van der Waals surface area contributed by atoms with E-state index >= 15 is 0 Å². The van der Waals surface area contributed by atoms with Gasteiger partial charge < -0.3 is 14.4 Å². The minimum absolute atomic E-state index is 0.0195. The number of hydrogen-bond acceptors (Lipinski definition) is 3. The predicted octanol–water partition coefficient (Wildman–Crippen LogP) is 2.36. The largest absolute Gasteiger partial charge is 0.487 e. The fraction of sp³-hybridized carbons (Fsp3) is 0.650. The van der Waals surface area contributed by atoms with Crippen LogP contribution < -0.4 is 9.64 Å². The van der Waals surface area contributed by atoms with Crippen LogP contribution in [0.25, 0.3) is 0 Å². The molecule has 0 bridgehead atoms. The zero-order valence-corrected chi connectivity index (χ0v) is 15.6. The first kappa shape index (κ1) is 18.8. The molecule has 1 saturated heterocycles. The third kappa shape index (κ3) is 5.23. The third-order valence-corrected chi connectivity index (χ3v) is 4.90. The van der Waals surface area contributed by atoms with Crippen LogP contribution in [0.4, 0.5) is 0 Å². The monoisotopic (exact) mass is 334 g/mol. The summed E-state index contributed by atoms with van der Waals surface area (Å²) in [6.07, 6.45) is 1.85. The van der Waals surface area contributed by atoms with Crippen LogP contribution in [-0.4, -0.2) is 38.8 Å². The summed E-state index contributed by atoms with van der Waals surface area (Å²) < 4.78 is 11.2. The molecule has 1 aliphatic heterocycles. The summed E-state index contributed by atoms with van der Waals surface area (Å²) in [6, 6.07) is 6.49. The van der Waals surface area contributed by atoms with Gasteiger partial charge in [0.25, 0.3) is 0 Å². The lowest BCUT2D eigenvalue weighted by molar-refractivity contribution is -0.905. The van der Waals surface area contributed by atoms with Crippen molar-refractivity contribution < 1.29 is 19.2 Å². The molecule has 1 aliphatic rings. The van der Waals surface area contributed by atoms with E-state index in [1.807, 2.05) is 6.92 Å². The summed E-state index contributed by atoms with van der Waals surface area (Å²) >= 11 is 0. The molecule has 1 N–H and O–H groups in total. The summed E-state index contributed by atoms with van der Waals surface area (Å²) in [5, 5.41) is 0. The Bertz CT molecular complexity index is 534. The molecule has 2 rings (SSSR count). The number of hydrogen-bond donors (Lipinski definition) is 1. The summed E-state index contributed by atoms with van der Waals surface area (Å²) in [4.78, 5) is 13.3. The number of aryl methyl sites for hydroxylation is 1. The predicted molar refractivity (Wildman–Crippen MR) is 95.7 cm³/mol. The Morgan fingerprint density at radius 1 is 1.29 bits per heavy atom. The molecule has 0 unspecified atom stereocenters. The lowest BCUT2D eigenvalue weighted by Crippen LogP contribution is -3.13. The summed E-state index contributed by atoms with van der Waals surface area (Å²) in [6.45, 7) is 12.6. The number of carbonyl (C=O) groups excluding carboxylic acids is 1. The topological polar surface area (TPSA) is 40.0 Å². The Morgan fingerprint density at radius 2 is 2.00 bits per heavy atom. The van der Waals surface area contributed by atoms with Crippen LogP contribution in [0.1, 0.15) is 50.7 Å². The molecule has 0 aromatic heterocycles. The van der Waals surface area contributed by atoms with Crippen molar-refractivity contribution in [2.24, 2.45) is 5.92 Å². The maximum absolute atomic E-state index is 11.8. The molecule has 134 valence electrons. The highest BCUT2D eigenvalue weighted by atomic mass is 16.5. The van der Waals surface area contributed by atoms with Gasteiger partial charge in [0.1, 0.15) is 18.9 Å². The Hall–Kier alpha value is -1.55. The van der Waals surface area contributed by atoms with E-state index in [1.165, 1.54) is 16.0 Å². The number of benzene rings is 1. The van der Waals surface area contributed by atoms with Gasteiger partial charge in [0.05, 0.1) is 25.6 Å². The lowest BCUT2D eigenvalue weighted by atomic mass is 9.97. The number of likely N-dealkylation sites (tertiary alicyclic amines) is 1.